The molecule has 1 aromatic carbocycles. The van der Waals surface area contributed by atoms with Crippen molar-refractivity contribution in [3.8, 4) is 16.9 Å². The number of aromatic nitrogens is 3. The Morgan fingerprint density at radius 1 is 1.18 bits per heavy atom. The van der Waals surface area contributed by atoms with Crippen molar-refractivity contribution in [1.29, 1.82) is 0 Å². The second-order valence-corrected chi connectivity index (χ2v) is 7.36. The zero-order chi connectivity index (χ0) is 20.3. The van der Waals surface area contributed by atoms with Gasteiger partial charge in [-0.25, -0.2) is 4.98 Å². The number of nitrogens with one attached hydrogen (secondary N) is 1. The van der Waals surface area contributed by atoms with E-state index in [4.69, 9.17) is 0 Å². The molecule has 0 aliphatic heterocycles. The van der Waals surface area contributed by atoms with E-state index >= 15 is 0 Å². The van der Waals surface area contributed by atoms with E-state index < -0.39 is 0 Å². The number of rotatable bonds is 6. The van der Waals surface area contributed by atoms with Gasteiger partial charge in [0, 0.05) is 47.4 Å². The van der Waals surface area contributed by atoms with Crippen LogP contribution in [0.3, 0.4) is 0 Å². The average molecular weight is 378 g/mol. The lowest BCUT2D eigenvalue weighted by molar-refractivity contribution is 0.0922. The molecule has 3 aromatic rings. The minimum atomic E-state index is -0.323. The SMILES string of the molecule is Cc1ccc(-c2cc(C(=O)N[C@@H](C)CO)cc(-n3ccnc3C(C)C)c2)nc1. The van der Waals surface area contributed by atoms with E-state index in [9.17, 15) is 9.90 Å². The fourth-order valence-electron chi connectivity index (χ4n) is 2.98. The first-order valence-corrected chi connectivity index (χ1v) is 9.42. The van der Waals surface area contributed by atoms with Gasteiger partial charge < -0.3 is 15.0 Å². The van der Waals surface area contributed by atoms with Gasteiger partial charge in [-0.15, -0.1) is 0 Å². The molecule has 1 atom stereocenters. The number of carbonyl (C=O) groups is 1. The van der Waals surface area contributed by atoms with Crippen LogP contribution in [0.1, 0.15) is 48.4 Å². The van der Waals surface area contributed by atoms with Gasteiger partial charge in [0.05, 0.1) is 12.3 Å². The highest BCUT2D eigenvalue weighted by molar-refractivity contribution is 5.96. The molecule has 3 rings (SSSR count). The molecule has 0 spiro atoms. The number of carbonyl (C=O) groups excluding carboxylic acids is 1. The molecule has 0 saturated heterocycles. The number of imidazole rings is 1. The summed E-state index contributed by atoms with van der Waals surface area (Å²) in [5.74, 6) is 0.926. The molecule has 6 nitrogen and oxygen atoms in total. The van der Waals surface area contributed by atoms with Gasteiger partial charge >= 0.3 is 0 Å². The number of aryl methyl sites for hydroxylation is 1. The predicted molar refractivity (Wildman–Crippen MR) is 110 cm³/mol. The monoisotopic (exact) mass is 378 g/mol. The minimum Gasteiger partial charge on any atom is -0.394 e. The van der Waals surface area contributed by atoms with Crippen molar-refractivity contribution in [2.45, 2.75) is 39.7 Å². The normalized spacial score (nSPS) is 12.2. The largest absolute Gasteiger partial charge is 0.394 e. The first-order chi connectivity index (χ1) is 13.4. The molecule has 2 aromatic heterocycles. The van der Waals surface area contributed by atoms with Gasteiger partial charge in [0.15, 0.2) is 0 Å². The zero-order valence-corrected chi connectivity index (χ0v) is 16.7. The van der Waals surface area contributed by atoms with Gasteiger partial charge in [-0.05, 0) is 43.7 Å². The highest BCUT2D eigenvalue weighted by Crippen LogP contribution is 2.25. The van der Waals surface area contributed by atoms with E-state index in [1.165, 1.54) is 0 Å². The topological polar surface area (TPSA) is 80.0 Å². The van der Waals surface area contributed by atoms with E-state index in [2.05, 4.69) is 29.1 Å². The molecule has 0 saturated carbocycles. The third kappa shape index (κ3) is 4.28. The molecule has 0 bridgehead atoms. The molecule has 1 amide bonds. The van der Waals surface area contributed by atoms with E-state index in [1.807, 2.05) is 54.2 Å². The van der Waals surface area contributed by atoms with Crippen molar-refractivity contribution in [2.24, 2.45) is 0 Å². The van der Waals surface area contributed by atoms with Gasteiger partial charge in [0.25, 0.3) is 5.91 Å². The Labute approximate surface area is 165 Å². The van der Waals surface area contributed by atoms with Crippen molar-refractivity contribution in [1.82, 2.24) is 19.9 Å². The Morgan fingerprint density at radius 3 is 2.61 bits per heavy atom. The third-order valence-corrected chi connectivity index (χ3v) is 4.50. The van der Waals surface area contributed by atoms with Crippen molar-refractivity contribution < 1.29 is 9.90 Å². The summed E-state index contributed by atoms with van der Waals surface area (Å²) in [6.45, 7) is 7.80. The maximum absolute atomic E-state index is 12.7. The first kappa shape index (κ1) is 19.8. The summed E-state index contributed by atoms with van der Waals surface area (Å²) in [4.78, 5) is 21.7. The van der Waals surface area contributed by atoms with Crippen LogP contribution in [0.4, 0.5) is 0 Å². The lowest BCUT2D eigenvalue weighted by Gasteiger charge is -2.15. The number of nitrogens with zero attached hydrogens (tertiary/aromatic N) is 3. The molecule has 146 valence electrons. The molecule has 6 heteroatoms. The molecule has 0 radical (unpaired) electrons. The van der Waals surface area contributed by atoms with Gasteiger partial charge in [-0.2, -0.15) is 0 Å². The molecule has 2 N–H and O–H groups in total. The fraction of sp³-hybridized carbons (Fsp3) is 0.318. The highest BCUT2D eigenvalue weighted by Gasteiger charge is 2.16. The van der Waals surface area contributed by atoms with E-state index in [0.717, 1.165) is 28.3 Å². The second kappa shape index (κ2) is 8.35. The summed E-state index contributed by atoms with van der Waals surface area (Å²) in [5, 5.41) is 12.1. The Kier molecular flexibility index (Phi) is 5.90. The molecule has 0 fully saturated rings. The average Bonchev–Trinajstić information content (AvgIpc) is 3.18. The van der Waals surface area contributed by atoms with Crippen molar-refractivity contribution in [2.75, 3.05) is 6.61 Å². The van der Waals surface area contributed by atoms with Crippen LogP contribution in [0.25, 0.3) is 16.9 Å². The van der Waals surface area contributed by atoms with Gasteiger partial charge in [0.2, 0.25) is 0 Å². The van der Waals surface area contributed by atoms with Crippen LogP contribution in [0, 0.1) is 6.92 Å². The number of hydrogen-bond donors (Lipinski definition) is 2. The Hall–Kier alpha value is -2.99. The number of amides is 1. The maximum atomic E-state index is 12.7. The molecular weight excluding hydrogens is 352 g/mol. The third-order valence-electron chi connectivity index (χ3n) is 4.50. The molecule has 28 heavy (non-hydrogen) atoms. The lowest BCUT2D eigenvalue weighted by Crippen LogP contribution is -2.35. The number of benzene rings is 1. The zero-order valence-electron chi connectivity index (χ0n) is 16.7. The van der Waals surface area contributed by atoms with Crippen LogP contribution < -0.4 is 5.32 Å². The fourth-order valence-corrected chi connectivity index (χ4v) is 2.98. The number of aliphatic hydroxyl groups is 1. The standard InChI is InChI=1S/C22H26N4O2/c1-14(2)21-23-7-8-26(21)19-10-17(20-6-5-15(3)12-24-20)9-18(11-19)22(28)25-16(4)13-27/h5-12,14,16,27H,13H2,1-4H3,(H,25,28)/t16-/m0/s1. The molecule has 2 heterocycles. The summed E-state index contributed by atoms with van der Waals surface area (Å²) in [7, 11) is 0. The lowest BCUT2D eigenvalue weighted by atomic mass is 10.0. The van der Waals surface area contributed by atoms with E-state index in [-0.39, 0.29) is 24.5 Å². The maximum Gasteiger partial charge on any atom is 0.251 e. The molecule has 0 aliphatic carbocycles. The van der Waals surface area contributed by atoms with Crippen molar-refractivity contribution in [3.63, 3.8) is 0 Å². The minimum absolute atomic E-state index is 0.114. The number of pyridine rings is 1. The van der Waals surface area contributed by atoms with Crippen LogP contribution >= 0.6 is 0 Å². The van der Waals surface area contributed by atoms with Crippen molar-refractivity contribution in [3.05, 3.63) is 65.9 Å². The summed E-state index contributed by atoms with van der Waals surface area (Å²) in [6, 6.07) is 9.30. The Balaban J connectivity index is 2.12. The predicted octanol–water partition coefficient (Wildman–Crippen LogP) is 3.48. The van der Waals surface area contributed by atoms with Crippen LogP contribution in [-0.4, -0.2) is 38.2 Å². The summed E-state index contributed by atoms with van der Waals surface area (Å²) < 4.78 is 1.99. The van der Waals surface area contributed by atoms with Gasteiger partial charge in [-0.1, -0.05) is 19.9 Å². The smallest absolute Gasteiger partial charge is 0.251 e. The van der Waals surface area contributed by atoms with Crippen molar-refractivity contribution >= 4 is 5.91 Å². The molecular formula is C22H26N4O2. The summed E-state index contributed by atoms with van der Waals surface area (Å²) >= 11 is 0. The molecule has 0 unspecified atom stereocenters. The van der Waals surface area contributed by atoms with Gasteiger partial charge in [0.1, 0.15) is 5.82 Å². The summed E-state index contributed by atoms with van der Waals surface area (Å²) in [5.41, 5.74) is 4.08. The van der Waals surface area contributed by atoms with Crippen LogP contribution in [0.5, 0.6) is 0 Å². The van der Waals surface area contributed by atoms with Crippen LogP contribution in [-0.2, 0) is 0 Å². The summed E-state index contributed by atoms with van der Waals surface area (Å²) in [6.07, 6.45) is 5.47. The van der Waals surface area contributed by atoms with Gasteiger partial charge in [-0.3, -0.25) is 9.78 Å². The van der Waals surface area contributed by atoms with E-state index in [1.54, 1.807) is 13.1 Å². The first-order valence-electron chi connectivity index (χ1n) is 9.42. The number of aliphatic hydroxyl groups excluding tert-OH is 1. The molecule has 0 aliphatic rings. The van der Waals surface area contributed by atoms with E-state index in [0.29, 0.717) is 5.56 Å². The Bertz CT molecular complexity index is 961. The van der Waals surface area contributed by atoms with Crippen LogP contribution in [0.15, 0.2) is 48.9 Å². The second-order valence-electron chi connectivity index (χ2n) is 7.36. The quantitative estimate of drug-likeness (QED) is 0.688. The van der Waals surface area contributed by atoms with Crippen LogP contribution in [0.2, 0.25) is 0 Å². The Morgan fingerprint density at radius 2 is 1.96 bits per heavy atom. The number of hydrogen-bond acceptors (Lipinski definition) is 4. The highest BCUT2D eigenvalue weighted by atomic mass is 16.3.